The maximum atomic E-state index is 5.53. The molecule has 23 heavy (non-hydrogen) atoms. The van der Waals surface area contributed by atoms with Crippen LogP contribution in [0.25, 0.3) is 10.9 Å². The van der Waals surface area contributed by atoms with Gasteiger partial charge in [-0.15, -0.1) is 0 Å². The molecule has 0 unspecified atom stereocenters. The minimum Gasteiger partial charge on any atom is -0.354 e. The molecule has 3 aromatic rings. The molecule has 0 amide bonds. The van der Waals surface area contributed by atoms with E-state index in [-0.39, 0.29) is 0 Å². The van der Waals surface area contributed by atoms with E-state index in [9.17, 15) is 0 Å². The maximum Gasteiger partial charge on any atom is 0.225 e. The molecule has 0 fully saturated rings. The van der Waals surface area contributed by atoms with Gasteiger partial charge in [0.15, 0.2) is 0 Å². The Balaban J connectivity index is 1.96. The van der Waals surface area contributed by atoms with Crippen LogP contribution in [-0.4, -0.2) is 28.0 Å². The van der Waals surface area contributed by atoms with E-state index in [4.69, 9.17) is 5.73 Å². The predicted octanol–water partition coefficient (Wildman–Crippen LogP) is 2.84. The molecule has 0 atom stereocenters. The van der Waals surface area contributed by atoms with E-state index < -0.39 is 0 Å². The van der Waals surface area contributed by atoms with Crippen molar-refractivity contribution in [3.05, 3.63) is 48.3 Å². The second-order valence-electron chi connectivity index (χ2n) is 5.35. The first kappa shape index (κ1) is 15.2. The average molecular weight is 308 g/mol. The van der Waals surface area contributed by atoms with Crippen molar-refractivity contribution in [1.29, 1.82) is 0 Å². The van der Waals surface area contributed by atoms with Crippen molar-refractivity contribution in [1.82, 2.24) is 15.0 Å². The molecule has 3 rings (SSSR count). The normalized spacial score (nSPS) is 10.7. The number of anilines is 3. The molecule has 118 valence electrons. The molecule has 4 N–H and O–H groups in total. The third-order valence-electron chi connectivity index (χ3n) is 3.44. The van der Waals surface area contributed by atoms with Gasteiger partial charge in [0.1, 0.15) is 5.82 Å². The molecule has 0 aliphatic rings. The van der Waals surface area contributed by atoms with Crippen molar-refractivity contribution in [2.45, 2.75) is 13.3 Å². The molecule has 2 heterocycles. The summed E-state index contributed by atoms with van der Waals surface area (Å²) >= 11 is 0. The van der Waals surface area contributed by atoms with Gasteiger partial charge in [-0.1, -0.05) is 12.1 Å². The molecule has 0 saturated carbocycles. The predicted molar refractivity (Wildman–Crippen MR) is 94.0 cm³/mol. The van der Waals surface area contributed by atoms with E-state index in [1.807, 2.05) is 18.2 Å². The minimum atomic E-state index is 0.590. The number of fused-ring (bicyclic) bond motifs is 1. The maximum absolute atomic E-state index is 5.53. The summed E-state index contributed by atoms with van der Waals surface area (Å²) in [6.45, 7) is 3.44. The van der Waals surface area contributed by atoms with E-state index >= 15 is 0 Å². The molecule has 6 nitrogen and oxygen atoms in total. The zero-order valence-electron chi connectivity index (χ0n) is 13.1. The van der Waals surface area contributed by atoms with Crippen molar-refractivity contribution in [2.24, 2.45) is 5.73 Å². The first-order chi connectivity index (χ1) is 11.3. The van der Waals surface area contributed by atoms with Crippen LogP contribution in [0.15, 0.2) is 42.7 Å². The number of pyridine rings is 1. The molecular weight excluding hydrogens is 288 g/mol. The molecule has 0 saturated heterocycles. The van der Waals surface area contributed by atoms with Gasteiger partial charge in [-0.3, -0.25) is 4.98 Å². The van der Waals surface area contributed by atoms with E-state index in [1.165, 1.54) is 5.56 Å². The fraction of sp³-hybridized carbons (Fsp3) is 0.235. The molecule has 0 aliphatic heterocycles. The number of aryl methyl sites for hydroxylation is 1. The van der Waals surface area contributed by atoms with Crippen molar-refractivity contribution in [2.75, 3.05) is 23.7 Å². The van der Waals surface area contributed by atoms with Gasteiger partial charge in [0.05, 0.1) is 10.9 Å². The summed E-state index contributed by atoms with van der Waals surface area (Å²) in [5, 5.41) is 7.46. The SMILES string of the molecule is Cc1cccc(Nc2nc(NCCCN)nc3ccncc23)c1. The second kappa shape index (κ2) is 7.02. The van der Waals surface area contributed by atoms with E-state index in [2.05, 4.69) is 44.6 Å². The van der Waals surface area contributed by atoms with Gasteiger partial charge in [0.2, 0.25) is 5.95 Å². The van der Waals surface area contributed by atoms with Gasteiger partial charge in [0, 0.05) is 24.6 Å². The number of hydrogen-bond acceptors (Lipinski definition) is 6. The Hall–Kier alpha value is -2.73. The molecule has 0 aliphatic carbocycles. The van der Waals surface area contributed by atoms with Crippen molar-refractivity contribution >= 4 is 28.4 Å². The summed E-state index contributed by atoms with van der Waals surface area (Å²) in [5.74, 6) is 1.33. The minimum absolute atomic E-state index is 0.590. The first-order valence-corrected chi connectivity index (χ1v) is 7.65. The van der Waals surface area contributed by atoms with Crippen molar-refractivity contribution < 1.29 is 0 Å². The zero-order chi connectivity index (χ0) is 16.1. The number of nitrogens with two attached hydrogens (primary N) is 1. The Morgan fingerprint density at radius 1 is 1.17 bits per heavy atom. The highest BCUT2D eigenvalue weighted by Gasteiger charge is 2.08. The van der Waals surface area contributed by atoms with Gasteiger partial charge in [-0.25, -0.2) is 4.98 Å². The van der Waals surface area contributed by atoms with E-state index in [0.717, 1.165) is 35.4 Å². The van der Waals surface area contributed by atoms with Crippen LogP contribution in [0.3, 0.4) is 0 Å². The van der Waals surface area contributed by atoms with E-state index in [1.54, 1.807) is 12.4 Å². The van der Waals surface area contributed by atoms with Crippen LogP contribution in [0.4, 0.5) is 17.5 Å². The Morgan fingerprint density at radius 3 is 2.91 bits per heavy atom. The summed E-state index contributed by atoms with van der Waals surface area (Å²) in [6, 6.07) is 10.0. The molecule has 0 radical (unpaired) electrons. The number of aromatic nitrogens is 3. The fourth-order valence-electron chi connectivity index (χ4n) is 2.31. The van der Waals surface area contributed by atoms with Crippen molar-refractivity contribution in [3.8, 4) is 0 Å². The molecule has 6 heteroatoms. The molecule has 0 spiro atoms. The van der Waals surface area contributed by atoms with Crippen LogP contribution in [0, 0.1) is 6.92 Å². The van der Waals surface area contributed by atoms with Gasteiger partial charge >= 0.3 is 0 Å². The Bertz CT molecular complexity index is 802. The summed E-state index contributed by atoms with van der Waals surface area (Å²) in [5.41, 5.74) is 8.55. The van der Waals surface area contributed by atoms with Gasteiger partial charge in [0.25, 0.3) is 0 Å². The smallest absolute Gasteiger partial charge is 0.225 e. The van der Waals surface area contributed by atoms with Crippen LogP contribution < -0.4 is 16.4 Å². The number of rotatable bonds is 6. The highest BCUT2D eigenvalue weighted by molar-refractivity contribution is 5.91. The van der Waals surface area contributed by atoms with Crippen LogP contribution >= 0.6 is 0 Å². The third kappa shape index (κ3) is 3.73. The lowest BCUT2D eigenvalue weighted by atomic mass is 10.2. The van der Waals surface area contributed by atoms with Gasteiger partial charge in [-0.05, 0) is 43.7 Å². The second-order valence-corrected chi connectivity index (χ2v) is 5.35. The first-order valence-electron chi connectivity index (χ1n) is 7.65. The number of nitrogens with one attached hydrogen (secondary N) is 2. The average Bonchev–Trinajstić information content (AvgIpc) is 2.55. The summed E-state index contributed by atoms with van der Waals surface area (Å²) in [6.07, 6.45) is 4.38. The van der Waals surface area contributed by atoms with E-state index in [0.29, 0.717) is 12.5 Å². The topological polar surface area (TPSA) is 88.8 Å². The molecule has 2 aromatic heterocycles. The summed E-state index contributed by atoms with van der Waals surface area (Å²) in [4.78, 5) is 13.3. The number of nitrogens with zero attached hydrogens (tertiary/aromatic N) is 3. The Kier molecular flexibility index (Phi) is 4.63. The Labute approximate surface area is 135 Å². The van der Waals surface area contributed by atoms with Crippen LogP contribution in [0.2, 0.25) is 0 Å². The summed E-state index contributed by atoms with van der Waals surface area (Å²) in [7, 11) is 0. The zero-order valence-corrected chi connectivity index (χ0v) is 13.1. The molecule has 0 bridgehead atoms. The lowest BCUT2D eigenvalue weighted by Gasteiger charge is -2.12. The lowest BCUT2D eigenvalue weighted by molar-refractivity contribution is 0.865. The molecule has 1 aromatic carbocycles. The van der Waals surface area contributed by atoms with Crippen LogP contribution in [0.1, 0.15) is 12.0 Å². The quantitative estimate of drug-likeness (QED) is 0.607. The monoisotopic (exact) mass is 308 g/mol. The lowest BCUT2D eigenvalue weighted by Crippen LogP contribution is -2.11. The van der Waals surface area contributed by atoms with Gasteiger partial charge < -0.3 is 16.4 Å². The highest BCUT2D eigenvalue weighted by Crippen LogP contribution is 2.24. The largest absolute Gasteiger partial charge is 0.354 e. The van der Waals surface area contributed by atoms with Gasteiger partial charge in [-0.2, -0.15) is 4.98 Å². The third-order valence-corrected chi connectivity index (χ3v) is 3.44. The Morgan fingerprint density at radius 2 is 2.09 bits per heavy atom. The standard InChI is InChI=1S/C17H20N6/c1-12-4-2-5-13(10-12)21-16-14-11-19-9-6-15(14)22-17(23-16)20-8-3-7-18/h2,4-6,9-11H,3,7-8,18H2,1H3,(H2,20,21,22,23). The van der Waals surface area contributed by atoms with Crippen molar-refractivity contribution in [3.63, 3.8) is 0 Å². The van der Waals surface area contributed by atoms with Crippen LogP contribution in [-0.2, 0) is 0 Å². The number of benzene rings is 1. The fourth-order valence-corrected chi connectivity index (χ4v) is 2.31. The molecular formula is C17H20N6. The van der Waals surface area contributed by atoms with Crippen LogP contribution in [0.5, 0.6) is 0 Å². The summed E-state index contributed by atoms with van der Waals surface area (Å²) < 4.78 is 0. The number of hydrogen-bond donors (Lipinski definition) is 3. The highest BCUT2D eigenvalue weighted by atomic mass is 15.1.